The minimum atomic E-state index is 0.576. The van der Waals surface area contributed by atoms with Gasteiger partial charge < -0.3 is 10.3 Å². The Balaban J connectivity index is 1.98. The predicted molar refractivity (Wildman–Crippen MR) is 72.1 cm³/mol. The largest absolute Gasteiger partial charge is 0.342 e. The zero-order chi connectivity index (χ0) is 11.8. The Bertz CT molecular complexity index is 543. The Hall–Kier alpha value is -1.13. The van der Waals surface area contributed by atoms with E-state index in [0.717, 1.165) is 29.0 Å². The number of imidazole rings is 1. The summed E-state index contributed by atoms with van der Waals surface area (Å²) < 4.78 is 1.08. The molecular formula is C13H14BrN3. The van der Waals surface area contributed by atoms with Crippen molar-refractivity contribution in [2.75, 3.05) is 13.1 Å². The van der Waals surface area contributed by atoms with Crippen molar-refractivity contribution in [1.29, 1.82) is 0 Å². The molecule has 1 aromatic heterocycles. The number of aromatic nitrogens is 2. The van der Waals surface area contributed by atoms with Crippen LogP contribution in [0.2, 0.25) is 0 Å². The number of aryl methyl sites for hydroxylation is 1. The van der Waals surface area contributed by atoms with Crippen molar-refractivity contribution in [2.24, 2.45) is 0 Å². The molecule has 0 amide bonds. The van der Waals surface area contributed by atoms with Crippen molar-refractivity contribution in [2.45, 2.75) is 12.8 Å². The maximum atomic E-state index is 4.73. The molecule has 3 rings (SSSR count). The lowest BCUT2D eigenvalue weighted by Crippen LogP contribution is -2.40. The monoisotopic (exact) mass is 291 g/mol. The molecule has 0 unspecified atom stereocenters. The molecule has 1 aliphatic heterocycles. The SMILES string of the molecule is Cc1[nH]c(-c2cccc(Br)c2)nc1C1CNC1. The number of H-pyrrole nitrogens is 1. The van der Waals surface area contributed by atoms with E-state index in [1.165, 1.54) is 11.4 Å². The second-order valence-electron chi connectivity index (χ2n) is 4.46. The maximum absolute atomic E-state index is 4.73. The first kappa shape index (κ1) is 11.0. The van der Waals surface area contributed by atoms with Crippen LogP contribution in [-0.4, -0.2) is 23.1 Å². The molecule has 2 aromatic rings. The van der Waals surface area contributed by atoms with Gasteiger partial charge >= 0.3 is 0 Å². The van der Waals surface area contributed by atoms with Crippen LogP contribution in [0.4, 0.5) is 0 Å². The number of hydrogen-bond donors (Lipinski definition) is 2. The van der Waals surface area contributed by atoms with Crippen LogP contribution in [0.25, 0.3) is 11.4 Å². The zero-order valence-electron chi connectivity index (χ0n) is 9.63. The van der Waals surface area contributed by atoms with Crippen molar-refractivity contribution in [3.8, 4) is 11.4 Å². The van der Waals surface area contributed by atoms with Gasteiger partial charge in [0.2, 0.25) is 0 Å². The van der Waals surface area contributed by atoms with Crippen LogP contribution in [0.5, 0.6) is 0 Å². The van der Waals surface area contributed by atoms with Gasteiger partial charge in [0.05, 0.1) is 5.69 Å². The van der Waals surface area contributed by atoms with Crippen LogP contribution in [0.15, 0.2) is 28.7 Å². The quantitative estimate of drug-likeness (QED) is 0.893. The zero-order valence-corrected chi connectivity index (χ0v) is 11.2. The molecule has 1 aromatic carbocycles. The number of nitrogens with one attached hydrogen (secondary N) is 2. The van der Waals surface area contributed by atoms with E-state index in [-0.39, 0.29) is 0 Å². The maximum Gasteiger partial charge on any atom is 0.137 e. The molecule has 2 heterocycles. The second kappa shape index (κ2) is 4.27. The molecule has 2 N–H and O–H groups in total. The van der Waals surface area contributed by atoms with Crippen LogP contribution in [0.3, 0.4) is 0 Å². The molecule has 0 spiro atoms. The van der Waals surface area contributed by atoms with Crippen LogP contribution < -0.4 is 5.32 Å². The van der Waals surface area contributed by atoms with Gasteiger partial charge in [0.1, 0.15) is 5.82 Å². The highest BCUT2D eigenvalue weighted by Gasteiger charge is 2.24. The normalized spacial score (nSPS) is 15.9. The summed E-state index contributed by atoms with van der Waals surface area (Å²) in [6.45, 7) is 4.19. The smallest absolute Gasteiger partial charge is 0.137 e. The van der Waals surface area contributed by atoms with Gasteiger partial charge in [0.15, 0.2) is 0 Å². The summed E-state index contributed by atoms with van der Waals surface area (Å²) in [6, 6.07) is 8.21. The molecule has 0 radical (unpaired) electrons. The molecule has 17 heavy (non-hydrogen) atoms. The third-order valence-corrected chi connectivity index (χ3v) is 3.68. The molecule has 0 atom stereocenters. The highest BCUT2D eigenvalue weighted by atomic mass is 79.9. The first-order chi connectivity index (χ1) is 8.24. The molecule has 3 nitrogen and oxygen atoms in total. The van der Waals surface area contributed by atoms with Crippen molar-refractivity contribution < 1.29 is 0 Å². The third-order valence-electron chi connectivity index (χ3n) is 3.19. The standard InChI is InChI=1S/C13H14BrN3/c1-8-12(10-6-15-7-10)17-13(16-8)9-3-2-4-11(14)5-9/h2-5,10,15H,6-7H2,1H3,(H,16,17). The minimum Gasteiger partial charge on any atom is -0.342 e. The van der Waals surface area contributed by atoms with Gasteiger partial charge in [-0.3, -0.25) is 0 Å². The molecule has 4 heteroatoms. The molecule has 1 aliphatic rings. The Morgan fingerprint density at radius 1 is 1.35 bits per heavy atom. The van der Waals surface area contributed by atoms with E-state index in [1.54, 1.807) is 0 Å². The van der Waals surface area contributed by atoms with E-state index in [2.05, 4.69) is 45.3 Å². The fourth-order valence-corrected chi connectivity index (χ4v) is 2.53. The summed E-state index contributed by atoms with van der Waals surface area (Å²) in [5, 5.41) is 3.28. The van der Waals surface area contributed by atoms with E-state index in [9.17, 15) is 0 Å². The number of aromatic amines is 1. The van der Waals surface area contributed by atoms with Gasteiger partial charge in [-0.25, -0.2) is 4.98 Å². The highest BCUT2D eigenvalue weighted by Crippen LogP contribution is 2.26. The number of nitrogens with zero attached hydrogens (tertiary/aromatic N) is 1. The average Bonchev–Trinajstić information content (AvgIpc) is 2.59. The summed E-state index contributed by atoms with van der Waals surface area (Å²) >= 11 is 3.49. The van der Waals surface area contributed by atoms with E-state index in [4.69, 9.17) is 4.98 Å². The van der Waals surface area contributed by atoms with Crippen LogP contribution in [0.1, 0.15) is 17.3 Å². The Labute approximate surface area is 109 Å². The number of halogens is 1. The minimum absolute atomic E-state index is 0.576. The van der Waals surface area contributed by atoms with Crippen molar-refractivity contribution in [3.63, 3.8) is 0 Å². The molecule has 1 saturated heterocycles. The Morgan fingerprint density at radius 3 is 2.82 bits per heavy atom. The van der Waals surface area contributed by atoms with Gasteiger partial charge in [-0.2, -0.15) is 0 Å². The van der Waals surface area contributed by atoms with Crippen molar-refractivity contribution >= 4 is 15.9 Å². The lowest BCUT2D eigenvalue weighted by Gasteiger charge is -2.25. The Morgan fingerprint density at radius 2 is 2.18 bits per heavy atom. The fourth-order valence-electron chi connectivity index (χ4n) is 2.13. The molecule has 1 fully saturated rings. The van der Waals surface area contributed by atoms with Gasteiger partial charge in [-0.15, -0.1) is 0 Å². The summed E-state index contributed by atoms with van der Waals surface area (Å²) in [5.74, 6) is 1.54. The van der Waals surface area contributed by atoms with Gasteiger partial charge in [0, 0.05) is 34.7 Å². The van der Waals surface area contributed by atoms with Gasteiger partial charge in [-0.05, 0) is 19.1 Å². The van der Waals surface area contributed by atoms with Crippen LogP contribution in [-0.2, 0) is 0 Å². The predicted octanol–water partition coefficient (Wildman–Crippen LogP) is 2.83. The van der Waals surface area contributed by atoms with E-state index in [1.807, 2.05) is 12.1 Å². The van der Waals surface area contributed by atoms with Crippen molar-refractivity contribution in [3.05, 3.63) is 40.1 Å². The molecule has 0 saturated carbocycles. The first-order valence-corrected chi connectivity index (χ1v) is 6.56. The number of benzene rings is 1. The molecule has 88 valence electrons. The molecule has 0 aliphatic carbocycles. The second-order valence-corrected chi connectivity index (χ2v) is 5.38. The lowest BCUT2D eigenvalue weighted by atomic mass is 9.98. The topological polar surface area (TPSA) is 40.7 Å². The van der Waals surface area contributed by atoms with Gasteiger partial charge in [-0.1, -0.05) is 28.1 Å². The summed E-state index contributed by atoms with van der Waals surface area (Å²) in [7, 11) is 0. The average molecular weight is 292 g/mol. The van der Waals surface area contributed by atoms with E-state index < -0.39 is 0 Å². The summed E-state index contributed by atoms with van der Waals surface area (Å²) in [6.07, 6.45) is 0. The number of hydrogen-bond acceptors (Lipinski definition) is 2. The lowest BCUT2D eigenvalue weighted by molar-refractivity contribution is 0.439. The van der Waals surface area contributed by atoms with Crippen LogP contribution >= 0.6 is 15.9 Å². The fraction of sp³-hybridized carbons (Fsp3) is 0.308. The number of rotatable bonds is 2. The highest BCUT2D eigenvalue weighted by molar-refractivity contribution is 9.10. The van der Waals surface area contributed by atoms with E-state index in [0.29, 0.717) is 5.92 Å². The van der Waals surface area contributed by atoms with Gasteiger partial charge in [0.25, 0.3) is 0 Å². The summed E-state index contributed by atoms with van der Waals surface area (Å²) in [5.41, 5.74) is 3.52. The summed E-state index contributed by atoms with van der Waals surface area (Å²) in [4.78, 5) is 8.10. The van der Waals surface area contributed by atoms with E-state index >= 15 is 0 Å². The first-order valence-electron chi connectivity index (χ1n) is 5.77. The van der Waals surface area contributed by atoms with Crippen molar-refractivity contribution in [1.82, 2.24) is 15.3 Å². The Kier molecular flexibility index (Phi) is 2.76. The molecular weight excluding hydrogens is 278 g/mol. The molecule has 0 bridgehead atoms. The van der Waals surface area contributed by atoms with Crippen LogP contribution in [0, 0.1) is 6.92 Å². The third kappa shape index (κ3) is 2.03.